The first-order valence-electron chi connectivity index (χ1n) is 17.0. The van der Waals surface area contributed by atoms with E-state index in [-0.39, 0.29) is 30.3 Å². The molecule has 4 aliphatic carbocycles. The van der Waals surface area contributed by atoms with Crippen LogP contribution in [0.2, 0.25) is 0 Å². The molecule has 0 heterocycles. The maximum Gasteiger partial charge on any atom is 0.414 e. The Bertz CT molecular complexity index is 1080. The molecule has 1 aromatic rings. The third-order valence-corrected chi connectivity index (χ3v) is 13.5. The number of aliphatic hydroxyl groups is 2. The third kappa shape index (κ3) is 6.38. The van der Waals surface area contributed by atoms with E-state index in [0.29, 0.717) is 41.6 Å². The van der Waals surface area contributed by atoms with Gasteiger partial charge in [-0.3, -0.25) is 0 Å². The van der Waals surface area contributed by atoms with Crippen LogP contribution in [-0.2, 0) is 11.3 Å². The van der Waals surface area contributed by atoms with Crippen molar-refractivity contribution in [3.8, 4) is 5.75 Å². The first-order valence-corrected chi connectivity index (χ1v) is 17.0. The molecule has 43 heavy (non-hydrogen) atoms. The van der Waals surface area contributed by atoms with Gasteiger partial charge in [0, 0.05) is 0 Å². The van der Waals surface area contributed by atoms with Gasteiger partial charge in [-0.2, -0.15) is 13.2 Å². The Morgan fingerprint density at radius 3 is 2.28 bits per heavy atom. The number of alkyl halides is 3. The van der Waals surface area contributed by atoms with Crippen molar-refractivity contribution in [2.45, 2.75) is 135 Å². The number of ether oxygens (including phenoxy) is 2. The van der Waals surface area contributed by atoms with Crippen LogP contribution >= 0.6 is 0 Å². The van der Waals surface area contributed by atoms with E-state index in [1.807, 2.05) is 24.3 Å². The summed E-state index contributed by atoms with van der Waals surface area (Å²) in [6, 6.07) is 7.61. The van der Waals surface area contributed by atoms with E-state index in [1.165, 1.54) is 25.7 Å². The predicted molar refractivity (Wildman–Crippen MR) is 162 cm³/mol. The molecule has 2 unspecified atom stereocenters. The van der Waals surface area contributed by atoms with Gasteiger partial charge in [-0.15, -0.1) is 0 Å². The number of rotatable bonds is 10. The smallest absolute Gasteiger partial charge is 0.414 e. The maximum absolute atomic E-state index is 13.3. The molecule has 4 saturated carbocycles. The van der Waals surface area contributed by atoms with Crippen molar-refractivity contribution in [1.29, 1.82) is 0 Å². The number of fused-ring (bicyclic) bond motifs is 5. The fourth-order valence-electron chi connectivity index (χ4n) is 10.7. The lowest BCUT2D eigenvalue weighted by molar-refractivity contribution is -0.208. The molecule has 4 aliphatic rings. The Morgan fingerprint density at radius 1 is 0.930 bits per heavy atom. The normalized spacial score (nSPS) is 39.7. The van der Waals surface area contributed by atoms with Crippen molar-refractivity contribution in [3.63, 3.8) is 0 Å². The summed E-state index contributed by atoms with van der Waals surface area (Å²) in [7, 11) is 1.62. The zero-order chi connectivity index (χ0) is 31.2. The van der Waals surface area contributed by atoms with Crippen LogP contribution in [-0.4, -0.2) is 41.3 Å². The molecule has 0 radical (unpaired) electrons. The largest absolute Gasteiger partial charge is 0.497 e. The van der Waals surface area contributed by atoms with E-state index >= 15 is 0 Å². The minimum Gasteiger partial charge on any atom is -0.497 e. The molecule has 7 heteroatoms. The summed E-state index contributed by atoms with van der Waals surface area (Å²) in [4.78, 5) is 0. The highest BCUT2D eigenvalue weighted by atomic mass is 19.4. The van der Waals surface area contributed by atoms with Crippen LogP contribution in [0.15, 0.2) is 24.3 Å². The fraction of sp³-hybridized carbons (Fsp3) is 0.833. The molecule has 1 aromatic carbocycles. The van der Waals surface area contributed by atoms with Crippen molar-refractivity contribution < 1.29 is 32.9 Å². The van der Waals surface area contributed by atoms with Gasteiger partial charge in [0.15, 0.2) is 0 Å². The van der Waals surface area contributed by atoms with E-state index in [9.17, 15) is 23.4 Å². The summed E-state index contributed by atoms with van der Waals surface area (Å²) in [6.45, 7) is 9.63. The molecule has 2 N–H and O–H groups in total. The predicted octanol–water partition coefficient (Wildman–Crippen LogP) is 8.72. The minimum absolute atomic E-state index is 0.0893. The first-order chi connectivity index (χ1) is 20.2. The van der Waals surface area contributed by atoms with Crippen LogP contribution in [0.5, 0.6) is 5.75 Å². The van der Waals surface area contributed by atoms with Crippen LogP contribution in [0, 0.1) is 46.3 Å². The number of halogens is 3. The molecule has 4 fully saturated rings. The van der Waals surface area contributed by atoms with E-state index in [0.717, 1.165) is 49.8 Å². The number of hydrogen-bond acceptors (Lipinski definition) is 4. The molecule has 244 valence electrons. The number of benzene rings is 1. The van der Waals surface area contributed by atoms with Gasteiger partial charge in [0.2, 0.25) is 0 Å². The molecule has 0 bridgehead atoms. The fourth-order valence-corrected chi connectivity index (χ4v) is 10.7. The molecule has 0 aromatic heterocycles. The Hall–Kier alpha value is -1.31. The van der Waals surface area contributed by atoms with Crippen LogP contribution < -0.4 is 4.74 Å². The highest BCUT2D eigenvalue weighted by molar-refractivity contribution is 5.26. The molecule has 5 rings (SSSR count). The molecular formula is C36H55F3O4. The standard InChI is InChI=1S/C36H55F3O4/c1-6-35(41)20-19-33(3)25(21-35)9-12-27-29-14-13-28(34(29,4)18-17-30(27)33)23(2)31(15-16-32(40)36(37,38)39)43-22-24-7-10-26(42-5)11-8-24/h7-8,10-11,23,25,27-32,40-41H,6,9,12-22H2,1-5H3/t23-,25+,27-,28+,29-,30-,31?,32?,33-,34+,35+/m0/s1. The summed E-state index contributed by atoms with van der Waals surface area (Å²) in [6.07, 6.45) is 3.43. The molecule has 4 nitrogen and oxygen atoms in total. The van der Waals surface area contributed by atoms with Gasteiger partial charge in [-0.1, -0.05) is 39.8 Å². The van der Waals surface area contributed by atoms with Crippen molar-refractivity contribution in [2.75, 3.05) is 7.11 Å². The van der Waals surface area contributed by atoms with Crippen LogP contribution in [0.1, 0.15) is 110 Å². The van der Waals surface area contributed by atoms with Gasteiger partial charge < -0.3 is 19.7 Å². The summed E-state index contributed by atoms with van der Waals surface area (Å²) in [5, 5.41) is 21.0. The Labute approximate surface area is 257 Å². The van der Waals surface area contributed by atoms with E-state index < -0.39 is 17.9 Å². The highest BCUT2D eigenvalue weighted by Gasteiger charge is 2.62. The summed E-state index contributed by atoms with van der Waals surface area (Å²) < 4.78 is 51.5. The second-order valence-corrected chi connectivity index (χ2v) is 15.4. The Balaban J connectivity index is 1.31. The first kappa shape index (κ1) is 33.1. The molecule has 0 aliphatic heterocycles. The zero-order valence-corrected chi connectivity index (χ0v) is 27.0. The molecule has 0 amide bonds. The molecule has 0 saturated heterocycles. The van der Waals surface area contributed by atoms with E-state index in [4.69, 9.17) is 9.47 Å². The number of aliphatic hydroxyl groups excluding tert-OH is 1. The average Bonchev–Trinajstić information content (AvgIpc) is 3.34. The van der Waals surface area contributed by atoms with Crippen molar-refractivity contribution in [3.05, 3.63) is 29.8 Å². The van der Waals surface area contributed by atoms with Gasteiger partial charge in [-0.05, 0) is 141 Å². The monoisotopic (exact) mass is 608 g/mol. The zero-order valence-electron chi connectivity index (χ0n) is 27.0. The van der Waals surface area contributed by atoms with Crippen molar-refractivity contribution in [2.24, 2.45) is 46.3 Å². The lowest BCUT2D eigenvalue weighted by atomic mass is 9.43. The van der Waals surface area contributed by atoms with E-state index in [2.05, 4.69) is 27.7 Å². The maximum atomic E-state index is 13.3. The van der Waals surface area contributed by atoms with Gasteiger partial charge in [0.25, 0.3) is 0 Å². The molecule has 0 spiro atoms. The Kier molecular flexibility index (Phi) is 9.59. The lowest BCUT2D eigenvalue weighted by Gasteiger charge is -2.62. The van der Waals surface area contributed by atoms with Crippen molar-refractivity contribution in [1.82, 2.24) is 0 Å². The molecular weight excluding hydrogens is 553 g/mol. The number of methoxy groups -OCH3 is 1. The minimum atomic E-state index is -4.62. The van der Waals surface area contributed by atoms with Crippen LogP contribution in [0.25, 0.3) is 0 Å². The molecule has 11 atom stereocenters. The van der Waals surface area contributed by atoms with Crippen LogP contribution in [0.3, 0.4) is 0 Å². The Morgan fingerprint density at radius 2 is 1.63 bits per heavy atom. The average molecular weight is 609 g/mol. The second kappa shape index (κ2) is 12.5. The second-order valence-electron chi connectivity index (χ2n) is 15.4. The van der Waals surface area contributed by atoms with Gasteiger partial charge in [-0.25, -0.2) is 0 Å². The SMILES string of the molecule is CC[C@@]1(O)CC[C@@]2(C)[C@H](CC[C@@H]3[C@@H]2CC[C@]2(C)[C@@H]([C@H](C)C(CCC(O)C(F)(F)F)OCc4ccc(OC)cc4)CC[C@@H]32)C1. The van der Waals surface area contributed by atoms with E-state index in [1.54, 1.807) is 7.11 Å². The van der Waals surface area contributed by atoms with Gasteiger partial charge >= 0.3 is 6.18 Å². The third-order valence-electron chi connectivity index (χ3n) is 13.5. The van der Waals surface area contributed by atoms with Crippen LogP contribution in [0.4, 0.5) is 13.2 Å². The lowest BCUT2D eigenvalue weighted by Crippen LogP contribution is -2.56. The van der Waals surface area contributed by atoms with Gasteiger partial charge in [0.05, 0.1) is 25.4 Å². The van der Waals surface area contributed by atoms with Gasteiger partial charge in [0.1, 0.15) is 11.9 Å². The number of hydrogen-bond donors (Lipinski definition) is 2. The topological polar surface area (TPSA) is 58.9 Å². The summed E-state index contributed by atoms with van der Waals surface area (Å²) in [5.74, 6) is 3.84. The summed E-state index contributed by atoms with van der Waals surface area (Å²) >= 11 is 0. The summed E-state index contributed by atoms with van der Waals surface area (Å²) in [5.41, 5.74) is 0.909. The highest BCUT2D eigenvalue weighted by Crippen LogP contribution is 2.69. The quantitative estimate of drug-likeness (QED) is 0.279. The van der Waals surface area contributed by atoms with Crippen molar-refractivity contribution >= 4 is 0 Å².